The molecular weight excluding hydrogens is 304 g/mol. The average Bonchev–Trinajstić information content (AvgIpc) is 3.14. The van der Waals surface area contributed by atoms with Gasteiger partial charge in [-0.2, -0.15) is 11.5 Å². The van der Waals surface area contributed by atoms with Gasteiger partial charge in [-0.25, -0.2) is 0 Å². The van der Waals surface area contributed by atoms with Crippen molar-refractivity contribution >= 4 is 25.3 Å². The zero-order chi connectivity index (χ0) is 13.9. The molecule has 0 saturated heterocycles. The summed E-state index contributed by atoms with van der Waals surface area (Å²) in [6, 6.07) is 0. The second-order valence-electron chi connectivity index (χ2n) is 2.84. The third-order valence-electron chi connectivity index (χ3n) is 1.35. The van der Waals surface area contributed by atoms with Crippen molar-refractivity contribution in [2.24, 2.45) is 0 Å². The predicted molar refractivity (Wildman–Crippen MR) is 87.9 cm³/mol. The molecular formula is C16H20S2Ti. The summed E-state index contributed by atoms with van der Waals surface area (Å²) < 4.78 is 0. The van der Waals surface area contributed by atoms with Crippen molar-refractivity contribution in [2.75, 3.05) is 11.5 Å². The standard InChI is InChI=1S/2C5H5.2C3H6S.Ti/c2*1-2-4-5-3-1;2*1-2-3-4;/h2*1-5H;2*2,4H,1,3H2;/q;;;;+2/p-2. The Morgan fingerprint density at radius 1 is 0.579 bits per heavy atom. The van der Waals surface area contributed by atoms with Gasteiger partial charge in [0.1, 0.15) is 0 Å². The molecule has 0 aromatic carbocycles. The van der Waals surface area contributed by atoms with Gasteiger partial charge in [0.05, 0.1) is 0 Å². The van der Waals surface area contributed by atoms with E-state index < -0.39 is 0 Å². The van der Waals surface area contributed by atoms with E-state index in [0.29, 0.717) is 11.5 Å². The summed E-state index contributed by atoms with van der Waals surface area (Å²) in [6.07, 6.45) is 23.4. The van der Waals surface area contributed by atoms with Crippen LogP contribution in [0.2, 0.25) is 0 Å². The summed E-state index contributed by atoms with van der Waals surface area (Å²) in [4.78, 5) is 0. The van der Waals surface area contributed by atoms with Crippen molar-refractivity contribution in [3.05, 3.63) is 89.5 Å². The first-order chi connectivity index (χ1) is 8.83. The van der Waals surface area contributed by atoms with Gasteiger partial charge in [-0.1, -0.05) is 0 Å². The minimum atomic E-state index is 0. The summed E-state index contributed by atoms with van der Waals surface area (Å²) >= 11 is 8.87. The van der Waals surface area contributed by atoms with Gasteiger partial charge in [0.15, 0.2) is 0 Å². The van der Waals surface area contributed by atoms with Crippen LogP contribution in [0, 0.1) is 64.2 Å². The van der Waals surface area contributed by atoms with Crippen LogP contribution in [0.15, 0.2) is 25.3 Å². The summed E-state index contributed by atoms with van der Waals surface area (Å²) in [7, 11) is 0. The number of hydrogen-bond acceptors (Lipinski definition) is 2. The maximum atomic E-state index is 4.44. The van der Waals surface area contributed by atoms with E-state index in [1.54, 1.807) is 12.2 Å². The number of rotatable bonds is 2. The molecule has 3 heteroatoms. The Morgan fingerprint density at radius 2 is 0.684 bits per heavy atom. The van der Waals surface area contributed by atoms with Crippen LogP contribution in [-0.2, 0) is 47.0 Å². The average molecular weight is 324 g/mol. The fourth-order valence-corrected chi connectivity index (χ4v) is 0.642. The van der Waals surface area contributed by atoms with Gasteiger partial charge in [-0.05, 0) is 64.2 Å². The van der Waals surface area contributed by atoms with Crippen LogP contribution in [0.3, 0.4) is 0 Å². The molecule has 100 valence electrons. The molecule has 0 aliphatic heterocycles. The molecule has 2 rings (SSSR count). The summed E-state index contributed by atoms with van der Waals surface area (Å²) in [5.74, 6) is 1.33. The first-order valence-corrected chi connectivity index (χ1v) is 6.70. The summed E-state index contributed by atoms with van der Waals surface area (Å²) in [5, 5.41) is 0. The van der Waals surface area contributed by atoms with Gasteiger partial charge >= 0.3 is 21.7 Å². The third kappa shape index (κ3) is 32.4. The summed E-state index contributed by atoms with van der Waals surface area (Å²) in [6.45, 7) is 6.75. The Labute approximate surface area is 147 Å². The Bertz CT molecular complexity index is 120. The molecule has 0 bridgehead atoms. The van der Waals surface area contributed by atoms with Gasteiger partial charge < -0.3 is 25.3 Å². The van der Waals surface area contributed by atoms with Crippen molar-refractivity contribution in [3.8, 4) is 0 Å². The van der Waals surface area contributed by atoms with Crippen LogP contribution in [0.25, 0.3) is 0 Å². The molecule has 0 nitrogen and oxygen atoms in total. The molecule has 2 saturated carbocycles. The largest absolute Gasteiger partial charge is 2.00 e. The van der Waals surface area contributed by atoms with Gasteiger partial charge in [0, 0.05) is 0 Å². The molecule has 2 fully saturated rings. The van der Waals surface area contributed by atoms with E-state index in [-0.39, 0.29) is 21.7 Å². The minimum Gasteiger partial charge on any atom is -0.789 e. The molecule has 10 radical (unpaired) electrons. The topological polar surface area (TPSA) is 0 Å². The van der Waals surface area contributed by atoms with Gasteiger partial charge in [0.2, 0.25) is 0 Å². The molecule has 0 N–H and O–H groups in total. The van der Waals surface area contributed by atoms with E-state index in [9.17, 15) is 0 Å². The van der Waals surface area contributed by atoms with Gasteiger partial charge in [-0.3, -0.25) is 0 Å². The molecule has 2 aliphatic carbocycles. The molecule has 0 amide bonds. The molecule has 0 atom stereocenters. The molecule has 0 heterocycles. The fourth-order valence-electron chi connectivity index (χ4n) is 0.642. The first-order valence-electron chi connectivity index (χ1n) is 5.54. The number of hydrogen-bond donors (Lipinski definition) is 0. The molecule has 0 unspecified atom stereocenters. The second-order valence-corrected chi connectivity index (χ2v) is 3.50. The third-order valence-corrected chi connectivity index (χ3v) is 1.82. The minimum absolute atomic E-state index is 0. The van der Waals surface area contributed by atoms with Crippen molar-refractivity contribution in [2.45, 2.75) is 0 Å². The zero-order valence-corrected chi connectivity index (χ0v) is 14.3. The van der Waals surface area contributed by atoms with Gasteiger partial charge in [-0.15, -0.1) is 25.3 Å². The van der Waals surface area contributed by atoms with E-state index >= 15 is 0 Å². The van der Waals surface area contributed by atoms with E-state index in [2.05, 4.69) is 38.4 Å². The maximum Gasteiger partial charge on any atom is 2.00 e. The fraction of sp³-hybridized carbons (Fsp3) is 0.125. The summed E-state index contributed by atoms with van der Waals surface area (Å²) in [5.41, 5.74) is 0. The Hall–Kier alpha value is 0.894. The molecule has 2 aliphatic rings. The van der Waals surface area contributed by atoms with Crippen molar-refractivity contribution in [1.82, 2.24) is 0 Å². The van der Waals surface area contributed by atoms with Crippen molar-refractivity contribution < 1.29 is 21.7 Å². The van der Waals surface area contributed by atoms with Crippen LogP contribution < -0.4 is 0 Å². The molecule has 0 aromatic heterocycles. The first kappa shape index (κ1) is 24.9. The smallest absolute Gasteiger partial charge is 0.789 e. The Morgan fingerprint density at radius 3 is 0.737 bits per heavy atom. The van der Waals surface area contributed by atoms with E-state index in [1.807, 2.05) is 64.2 Å². The van der Waals surface area contributed by atoms with Gasteiger partial charge in [0.25, 0.3) is 0 Å². The molecule has 0 aromatic rings. The van der Waals surface area contributed by atoms with Crippen molar-refractivity contribution in [1.29, 1.82) is 0 Å². The Kier molecular flexibility index (Phi) is 35.7. The molecule has 19 heavy (non-hydrogen) atoms. The van der Waals surface area contributed by atoms with Crippen LogP contribution in [0.4, 0.5) is 0 Å². The molecule has 0 spiro atoms. The van der Waals surface area contributed by atoms with Crippen molar-refractivity contribution in [3.63, 3.8) is 0 Å². The zero-order valence-electron chi connectivity index (χ0n) is 11.1. The SMILES string of the molecule is C=CC[S-].C=CC[S-].[CH]1[CH][CH][CH][CH]1.[CH]1[CH][CH][CH][CH]1.[Ti+2]. The normalized spacial score (nSPS) is 15.3. The van der Waals surface area contributed by atoms with Crippen LogP contribution in [0.1, 0.15) is 0 Å². The quantitative estimate of drug-likeness (QED) is 0.433. The van der Waals surface area contributed by atoms with E-state index in [4.69, 9.17) is 0 Å². The van der Waals surface area contributed by atoms with E-state index in [1.165, 1.54) is 0 Å². The van der Waals surface area contributed by atoms with E-state index in [0.717, 1.165) is 0 Å². The van der Waals surface area contributed by atoms with Crippen LogP contribution >= 0.6 is 0 Å². The van der Waals surface area contributed by atoms with Crippen LogP contribution in [-0.4, -0.2) is 11.5 Å². The predicted octanol–water partition coefficient (Wildman–Crippen LogP) is 3.48. The second kappa shape index (κ2) is 27.3. The van der Waals surface area contributed by atoms with Crippen LogP contribution in [0.5, 0.6) is 0 Å². The monoisotopic (exact) mass is 324 g/mol. The Balaban J connectivity index is -0.000000178. The maximum absolute atomic E-state index is 4.44.